The molecular weight excluding hydrogens is 785 g/mol. The zero-order valence-electron chi connectivity index (χ0n) is 38.7. The van der Waals surface area contributed by atoms with E-state index in [2.05, 4.69) is 26.7 Å². The highest BCUT2D eigenvalue weighted by Gasteiger charge is 2.64. The third-order valence-electron chi connectivity index (χ3n) is 15.2. The number of rotatable bonds is 15. The van der Waals surface area contributed by atoms with E-state index in [1.165, 1.54) is 0 Å². The number of hydrogen-bond acceptors (Lipinski definition) is 13. The first-order chi connectivity index (χ1) is 28.8. The second-order valence-electron chi connectivity index (χ2n) is 19.2. The van der Waals surface area contributed by atoms with E-state index >= 15 is 0 Å². The maximum Gasteiger partial charge on any atom is 0.509 e. The molecule has 0 aromatic carbocycles. The number of terminal acetylenes is 1. The highest BCUT2D eigenvalue weighted by Crippen LogP contribution is 2.54. The first kappa shape index (κ1) is 49.4. The molecule has 2 N–H and O–H groups in total. The third-order valence-corrected chi connectivity index (χ3v) is 15.2. The fourth-order valence-electron chi connectivity index (χ4n) is 11.1. The van der Waals surface area contributed by atoms with Gasteiger partial charge < -0.3 is 48.1 Å². The van der Waals surface area contributed by atoms with Crippen molar-refractivity contribution >= 4 is 17.9 Å². The molecule has 4 saturated heterocycles. The molecule has 0 aromatic rings. The van der Waals surface area contributed by atoms with Gasteiger partial charge in [-0.1, -0.05) is 61.3 Å². The Hall–Kier alpha value is -2.57. The van der Waals surface area contributed by atoms with Crippen LogP contribution in [0.15, 0.2) is 12.2 Å². The summed E-state index contributed by atoms with van der Waals surface area (Å²) in [5, 5.41) is 23.1. The fraction of sp³-hybridized carbons (Fsp3) is 0.854. The zero-order chi connectivity index (χ0) is 45.1. The van der Waals surface area contributed by atoms with Crippen molar-refractivity contribution in [2.75, 3.05) is 13.2 Å². The van der Waals surface area contributed by atoms with Crippen molar-refractivity contribution in [2.45, 2.75) is 206 Å². The summed E-state index contributed by atoms with van der Waals surface area (Å²) in [6.45, 7) is 21.4. The Kier molecular flexibility index (Phi) is 16.3. The minimum absolute atomic E-state index is 0.0374. The van der Waals surface area contributed by atoms with Crippen LogP contribution in [-0.4, -0.2) is 107 Å². The van der Waals surface area contributed by atoms with Crippen LogP contribution in [0.1, 0.15) is 140 Å². The Labute approximate surface area is 364 Å². The Bertz CT molecular complexity index is 1590. The van der Waals surface area contributed by atoms with E-state index in [-0.39, 0.29) is 61.0 Å². The highest BCUT2D eigenvalue weighted by molar-refractivity contribution is 5.84. The molecule has 346 valence electrons. The largest absolute Gasteiger partial charge is 0.509 e. The van der Waals surface area contributed by atoms with Crippen molar-refractivity contribution in [3.05, 3.63) is 12.2 Å². The van der Waals surface area contributed by atoms with E-state index in [9.17, 15) is 24.6 Å². The second-order valence-corrected chi connectivity index (χ2v) is 19.2. The average molecular weight is 861 g/mol. The van der Waals surface area contributed by atoms with E-state index in [0.29, 0.717) is 57.8 Å². The molecule has 18 atom stereocenters. The molecule has 13 nitrogen and oxygen atoms in total. The van der Waals surface area contributed by atoms with Gasteiger partial charge in [0.2, 0.25) is 5.79 Å². The summed E-state index contributed by atoms with van der Waals surface area (Å²) in [6, 6.07) is 0. The summed E-state index contributed by atoms with van der Waals surface area (Å²) in [7, 11) is 0. The lowest BCUT2D eigenvalue weighted by Crippen LogP contribution is -2.63. The van der Waals surface area contributed by atoms with Crippen LogP contribution < -0.4 is 0 Å². The van der Waals surface area contributed by atoms with Crippen LogP contribution in [0.4, 0.5) is 4.79 Å². The minimum atomic E-state index is -1.46. The first-order valence-corrected chi connectivity index (χ1v) is 23.2. The van der Waals surface area contributed by atoms with Crippen LogP contribution in [0, 0.1) is 53.8 Å². The zero-order valence-corrected chi connectivity index (χ0v) is 38.7. The van der Waals surface area contributed by atoms with Gasteiger partial charge in [-0.25, -0.2) is 4.79 Å². The van der Waals surface area contributed by atoms with Crippen molar-refractivity contribution in [1.29, 1.82) is 0 Å². The molecule has 0 amide bonds. The molecule has 5 aliphatic heterocycles. The maximum atomic E-state index is 14.7. The number of esters is 1. The molecule has 0 saturated carbocycles. The standard InChI is InChI=1S/C48H76O13/c1-13-26-55-43(51)34(14-2)36-19-18-28(6)41(57-36)32(10)39(49)31(9)40(50)35(15-3)42-29(7)27-30(8)47(59-42)23-21-38(58-44(52)54-17-5)48(61-47)25-24-45(12,60-48)37-20-22-46(53,16-4)33(11)56-37/h1,21,23,28-39,41-42,49,53H,14-20,22,24-27H2,2-12H3/t28-,29-,30+,31-,32-,33-,34+,35-,36+,37+,38-,39+,41+,42-,45-,46+,47-,48-/m0/s1. The number of aliphatic hydroxyl groups excluding tert-OH is 1. The van der Waals surface area contributed by atoms with Gasteiger partial charge in [-0.2, -0.15) is 0 Å². The van der Waals surface area contributed by atoms with Crippen LogP contribution in [0.5, 0.6) is 0 Å². The molecular formula is C48H76O13. The predicted molar refractivity (Wildman–Crippen MR) is 227 cm³/mol. The van der Waals surface area contributed by atoms with Crippen LogP contribution in [0.3, 0.4) is 0 Å². The van der Waals surface area contributed by atoms with Gasteiger partial charge in [0.25, 0.3) is 0 Å². The average Bonchev–Trinajstić information content (AvgIpc) is 3.58. The van der Waals surface area contributed by atoms with Crippen LogP contribution in [0.2, 0.25) is 0 Å². The Morgan fingerprint density at radius 3 is 2.23 bits per heavy atom. The summed E-state index contributed by atoms with van der Waals surface area (Å²) in [5.74, 6) is -3.27. The number of hydrogen-bond donors (Lipinski definition) is 2. The SMILES string of the molecule is C#CCOC(=O)[C@H](CC)[C@H]1CC[C@H](C)[C@H]([C@@H](C)[C@H](O)[C@H](C)C(=O)[C@H](CC)[C@H]2O[C@]3(C=C[C@H](OC(=O)OCC)[C@]4(CC[C@@](C)([C@H]5CC[C@](O)(CC)[C@H](C)O5)O4)O3)[C@H](C)C[C@@H]2C)O1. The van der Waals surface area contributed by atoms with E-state index < -0.39 is 77.0 Å². The fourth-order valence-corrected chi connectivity index (χ4v) is 11.1. The van der Waals surface area contributed by atoms with Gasteiger partial charge in [0.1, 0.15) is 5.78 Å². The number of Topliss-reactive ketones (excluding diaryl/α,β-unsaturated/α-hetero) is 1. The predicted octanol–water partition coefficient (Wildman–Crippen LogP) is 7.46. The lowest BCUT2D eigenvalue weighted by Gasteiger charge is -2.54. The number of carbonyl (C=O) groups is 3. The number of ketones is 1. The lowest BCUT2D eigenvalue weighted by atomic mass is 9.72. The maximum absolute atomic E-state index is 14.7. The summed E-state index contributed by atoms with van der Waals surface area (Å²) in [4.78, 5) is 40.4. The molecule has 0 bridgehead atoms. The van der Waals surface area contributed by atoms with Crippen molar-refractivity contribution in [1.82, 2.24) is 0 Å². The highest BCUT2D eigenvalue weighted by atomic mass is 16.8. The molecule has 0 aromatic heterocycles. The lowest BCUT2D eigenvalue weighted by molar-refractivity contribution is -0.408. The van der Waals surface area contributed by atoms with E-state index in [0.717, 1.165) is 6.42 Å². The quantitative estimate of drug-likeness (QED) is 0.0948. The molecule has 0 unspecified atom stereocenters. The van der Waals surface area contributed by atoms with Gasteiger partial charge in [0.15, 0.2) is 18.5 Å². The Morgan fingerprint density at radius 2 is 1.61 bits per heavy atom. The Morgan fingerprint density at radius 1 is 0.902 bits per heavy atom. The molecule has 0 aliphatic carbocycles. The van der Waals surface area contributed by atoms with Gasteiger partial charge in [0.05, 0.1) is 60.4 Å². The van der Waals surface area contributed by atoms with Crippen LogP contribution >= 0.6 is 0 Å². The van der Waals surface area contributed by atoms with E-state index in [1.807, 2.05) is 41.5 Å². The molecule has 5 aliphatic rings. The van der Waals surface area contributed by atoms with Crippen molar-refractivity contribution < 1.29 is 62.5 Å². The smallest absolute Gasteiger partial charge is 0.452 e. The van der Waals surface area contributed by atoms with Crippen molar-refractivity contribution in [3.63, 3.8) is 0 Å². The van der Waals surface area contributed by atoms with E-state index in [4.69, 9.17) is 44.3 Å². The number of carbonyl (C=O) groups excluding carboxylic acids is 3. The minimum Gasteiger partial charge on any atom is -0.452 e. The van der Waals surface area contributed by atoms with Crippen molar-refractivity contribution in [2.24, 2.45) is 41.4 Å². The Balaban J connectivity index is 1.36. The third kappa shape index (κ3) is 10.1. The molecule has 5 heterocycles. The molecule has 4 fully saturated rings. The topological polar surface area (TPSA) is 166 Å². The summed E-state index contributed by atoms with van der Waals surface area (Å²) < 4.78 is 50.6. The molecule has 13 heteroatoms. The number of ether oxygens (including phenoxy) is 8. The molecule has 61 heavy (non-hydrogen) atoms. The van der Waals surface area contributed by atoms with Gasteiger partial charge >= 0.3 is 12.1 Å². The first-order valence-electron chi connectivity index (χ1n) is 23.2. The van der Waals surface area contributed by atoms with Crippen LogP contribution in [-0.2, 0) is 47.5 Å². The normalized spacial score (nSPS) is 41.3. The van der Waals surface area contributed by atoms with Gasteiger partial charge in [0, 0.05) is 30.1 Å². The summed E-state index contributed by atoms with van der Waals surface area (Å²) >= 11 is 0. The van der Waals surface area contributed by atoms with Gasteiger partial charge in [-0.05, 0) is 103 Å². The second kappa shape index (κ2) is 20.1. The van der Waals surface area contributed by atoms with Crippen LogP contribution in [0.25, 0.3) is 0 Å². The van der Waals surface area contributed by atoms with E-state index in [1.54, 1.807) is 26.0 Å². The summed E-state index contributed by atoms with van der Waals surface area (Å²) in [6.07, 6.45) is 9.70. The van der Waals surface area contributed by atoms with Gasteiger partial charge in [-0.15, -0.1) is 6.42 Å². The monoisotopic (exact) mass is 861 g/mol. The van der Waals surface area contributed by atoms with Crippen molar-refractivity contribution in [3.8, 4) is 12.3 Å². The molecule has 2 spiro atoms. The summed E-state index contributed by atoms with van der Waals surface area (Å²) in [5.41, 5.74) is -1.77. The molecule has 5 rings (SSSR count). The molecule has 0 radical (unpaired) electrons. The number of aliphatic hydroxyl groups is 2. The van der Waals surface area contributed by atoms with Gasteiger partial charge in [-0.3, -0.25) is 9.59 Å².